The first-order chi connectivity index (χ1) is 8.15. The molecule has 100 valence electrons. The fourth-order valence-electron chi connectivity index (χ4n) is 1.99. The number of nitrogens with zero attached hydrogens (tertiary/aromatic N) is 2. The van der Waals surface area contributed by atoms with E-state index in [1.54, 1.807) is 7.11 Å². The van der Waals surface area contributed by atoms with Gasteiger partial charge in [0.05, 0.1) is 19.6 Å². The highest BCUT2D eigenvalue weighted by molar-refractivity contribution is 5.69. The molecule has 1 atom stereocenters. The third kappa shape index (κ3) is 5.48. The largest absolute Gasteiger partial charge is 0.469 e. The number of carbonyl (C=O) groups is 1. The minimum absolute atomic E-state index is 0.125. The summed E-state index contributed by atoms with van der Waals surface area (Å²) in [6.07, 6.45) is 0.780. The molecule has 1 fully saturated rings. The van der Waals surface area contributed by atoms with Crippen LogP contribution in [-0.4, -0.2) is 75.4 Å². The summed E-state index contributed by atoms with van der Waals surface area (Å²) in [5.74, 6) is -0.125. The Morgan fingerprint density at radius 3 is 2.29 bits per heavy atom. The number of hydrogen-bond acceptors (Lipinski definition) is 5. The summed E-state index contributed by atoms with van der Waals surface area (Å²) in [5.41, 5.74) is 0. The van der Waals surface area contributed by atoms with Crippen molar-refractivity contribution in [2.75, 3.05) is 53.5 Å². The molecule has 0 aromatic carbocycles. The van der Waals surface area contributed by atoms with Crippen LogP contribution in [0, 0.1) is 0 Å². The van der Waals surface area contributed by atoms with Gasteiger partial charge >= 0.3 is 5.97 Å². The SMILES string of the molecule is COC(=O)CCN1CCN(CC(C)OC)CC1. The minimum Gasteiger partial charge on any atom is -0.469 e. The lowest BCUT2D eigenvalue weighted by atomic mass is 10.2. The van der Waals surface area contributed by atoms with Gasteiger partial charge in [-0.1, -0.05) is 0 Å². The summed E-state index contributed by atoms with van der Waals surface area (Å²) in [6, 6.07) is 0. The second kappa shape index (κ2) is 7.63. The van der Waals surface area contributed by atoms with Crippen LogP contribution in [0.5, 0.6) is 0 Å². The molecule has 0 aromatic rings. The number of carbonyl (C=O) groups excluding carboxylic acids is 1. The van der Waals surface area contributed by atoms with Gasteiger partial charge in [-0.15, -0.1) is 0 Å². The van der Waals surface area contributed by atoms with E-state index >= 15 is 0 Å². The van der Waals surface area contributed by atoms with E-state index in [1.807, 2.05) is 0 Å². The second-order valence-electron chi connectivity index (χ2n) is 4.51. The summed E-state index contributed by atoms with van der Waals surface area (Å²) >= 11 is 0. The summed E-state index contributed by atoms with van der Waals surface area (Å²) in [7, 11) is 3.18. The van der Waals surface area contributed by atoms with E-state index < -0.39 is 0 Å². The monoisotopic (exact) mass is 244 g/mol. The standard InChI is InChI=1S/C12H24N2O3/c1-11(16-2)10-14-8-6-13(7-9-14)5-4-12(15)17-3/h11H,4-10H2,1-3H3. The summed E-state index contributed by atoms with van der Waals surface area (Å²) in [4.78, 5) is 15.7. The lowest BCUT2D eigenvalue weighted by Gasteiger charge is -2.35. The van der Waals surface area contributed by atoms with Crippen molar-refractivity contribution in [3.05, 3.63) is 0 Å². The Morgan fingerprint density at radius 2 is 1.76 bits per heavy atom. The molecule has 1 rings (SSSR count). The van der Waals surface area contributed by atoms with Gasteiger partial charge in [-0.05, 0) is 6.92 Å². The molecule has 0 bridgehead atoms. The first-order valence-corrected chi connectivity index (χ1v) is 6.20. The zero-order valence-corrected chi connectivity index (χ0v) is 11.1. The van der Waals surface area contributed by atoms with Crippen molar-refractivity contribution in [1.82, 2.24) is 9.80 Å². The lowest BCUT2D eigenvalue weighted by Crippen LogP contribution is -2.48. The van der Waals surface area contributed by atoms with Crippen LogP contribution >= 0.6 is 0 Å². The predicted molar refractivity (Wildman–Crippen MR) is 66.0 cm³/mol. The summed E-state index contributed by atoms with van der Waals surface area (Å²) < 4.78 is 9.89. The maximum atomic E-state index is 11.0. The summed E-state index contributed by atoms with van der Waals surface area (Å²) in [6.45, 7) is 8.02. The maximum absolute atomic E-state index is 11.0. The van der Waals surface area contributed by atoms with Gasteiger partial charge in [0.25, 0.3) is 0 Å². The predicted octanol–water partition coefficient (Wildman–Crippen LogP) is 0.202. The van der Waals surface area contributed by atoms with Gasteiger partial charge in [0.1, 0.15) is 0 Å². The van der Waals surface area contributed by atoms with E-state index in [-0.39, 0.29) is 12.1 Å². The normalized spacial score (nSPS) is 20.2. The molecule has 1 saturated heterocycles. The quantitative estimate of drug-likeness (QED) is 0.625. The van der Waals surface area contributed by atoms with E-state index in [1.165, 1.54) is 7.11 Å². The Bertz CT molecular complexity index is 228. The van der Waals surface area contributed by atoms with Gasteiger partial charge in [0, 0.05) is 46.4 Å². The Hall–Kier alpha value is -0.650. The van der Waals surface area contributed by atoms with Crippen molar-refractivity contribution in [3.8, 4) is 0 Å². The first kappa shape index (κ1) is 14.4. The highest BCUT2D eigenvalue weighted by Gasteiger charge is 2.18. The fraction of sp³-hybridized carbons (Fsp3) is 0.917. The lowest BCUT2D eigenvalue weighted by molar-refractivity contribution is -0.141. The van der Waals surface area contributed by atoms with Crippen molar-refractivity contribution in [2.24, 2.45) is 0 Å². The van der Waals surface area contributed by atoms with Gasteiger partial charge in [0.2, 0.25) is 0 Å². The van der Waals surface area contributed by atoms with Crippen LogP contribution in [-0.2, 0) is 14.3 Å². The molecule has 0 radical (unpaired) electrons. The third-order valence-corrected chi connectivity index (χ3v) is 3.24. The van der Waals surface area contributed by atoms with Crippen LogP contribution in [0.4, 0.5) is 0 Å². The van der Waals surface area contributed by atoms with Crippen LogP contribution in [0.3, 0.4) is 0 Å². The molecular weight excluding hydrogens is 220 g/mol. The molecule has 0 amide bonds. The van der Waals surface area contributed by atoms with Crippen molar-refractivity contribution >= 4 is 5.97 Å². The van der Waals surface area contributed by atoms with E-state index in [0.29, 0.717) is 6.42 Å². The number of piperazine rings is 1. The molecule has 5 nitrogen and oxygen atoms in total. The minimum atomic E-state index is -0.125. The molecule has 17 heavy (non-hydrogen) atoms. The maximum Gasteiger partial charge on any atom is 0.306 e. The highest BCUT2D eigenvalue weighted by atomic mass is 16.5. The first-order valence-electron chi connectivity index (χ1n) is 6.20. The molecule has 1 aliphatic heterocycles. The second-order valence-corrected chi connectivity index (χ2v) is 4.51. The molecule has 1 heterocycles. The van der Waals surface area contributed by atoms with Crippen molar-refractivity contribution in [2.45, 2.75) is 19.4 Å². The van der Waals surface area contributed by atoms with Gasteiger partial charge in [-0.2, -0.15) is 0 Å². The molecule has 1 aliphatic rings. The topological polar surface area (TPSA) is 42.0 Å². The number of methoxy groups -OCH3 is 2. The van der Waals surface area contributed by atoms with E-state index in [2.05, 4.69) is 21.5 Å². The smallest absolute Gasteiger partial charge is 0.306 e. The van der Waals surface area contributed by atoms with Gasteiger partial charge < -0.3 is 14.4 Å². The average molecular weight is 244 g/mol. The molecule has 0 saturated carbocycles. The third-order valence-electron chi connectivity index (χ3n) is 3.24. The van der Waals surface area contributed by atoms with Crippen LogP contribution in [0.1, 0.15) is 13.3 Å². The van der Waals surface area contributed by atoms with E-state index in [0.717, 1.165) is 39.3 Å². The Kier molecular flexibility index (Phi) is 6.47. The Morgan fingerprint density at radius 1 is 1.18 bits per heavy atom. The molecular formula is C12H24N2O3. The van der Waals surface area contributed by atoms with Crippen LogP contribution < -0.4 is 0 Å². The fourth-order valence-corrected chi connectivity index (χ4v) is 1.99. The molecule has 0 N–H and O–H groups in total. The molecule has 5 heteroatoms. The van der Waals surface area contributed by atoms with Gasteiger partial charge in [-0.3, -0.25) is 9.69 Å². The van der Waals surface area contributed by atoms with E-state index in [4.69, 9.17) is 4.74 Å². The van der Waals surface area contributed by atoms with Crippen molar-refractivity contribution in [1.29, 1.82) is 0 Å². The van der Waals surface area contributed by atoms with Crippen LogP contribution in [0.15, 0.2) is 0 Å². The highest BCUT2D eigenvalue weighted by Crippen LogP contribution is 2.04. The van der Waals surface area contributed by atoms with E-state index in [9.17, 15) is 4.79 Å². The zero-order valence-electron chi connectivity index (χ0n) is 11.1. The Balaban J connectivity index is 2.15. The number of esters is 1. The summed E-state index contributed by atoms with van der Waals surface area (Å²) in [5, 5.41) is 0. The molecule has 0 aromatic heterocycles. The number of ether oxygens (including phenoxy) is 2. The van der Waals surface area contributed by atoms with Crippen LogP contribution in [0.2, 0.25) is 0 Å². The van der Waals surface area contributed by atoms with Gasteiger partial charge in [0.15, 0.2) is 0 Å². The average Bonchev–Trinajstić information content (AvgIpc) is 2.37. The molecule has 0 spiro atoms. The van der Waals surface area contributed by atoms with Crippen molar-refractivity contribution < 1.29 is 14.3 Å². The number of hydrogen-bond donors (Lipinski definition) is 0. The van der Waals surface area contributed by atoms with Crippen LogP contribution in [0.25, 0.3) is 0 Å². The zero-order chi connectivity index (χ0) is 12.7. The molecule has 0 aliphatic carbocycles. The number of rotatable bonds is 6. The van der Waals surface area contributed by atoms with Crippen molar-refractivity contribution in [3.63, 3.8) is 0 Å². The van der Waals surface area contributed by atoms with Gasteiger partial charge in [-0.25, -0.2) is 0 Å². The Labute approximate surface area is 104 Å². The molecule has 1 unspecified atom stereocenters.